The minimum absolute atomic E-state index is 0.541. The molecule has 0 saturated heterocycles. The molecule has 7 heteroatoms. The second-order valence-corrected chi connectivity index (χ2v) is 7.90. The highest BCUT2D eigenvalue weighted by Gasteiger charge is 2.15. The van der Waals surface area contributed by atoms with Gasteiger partial charge in [0.25, 0.3) is 0 Å². The average molecular weight is 394 g/mol. The fraction of sp³-hybridized carbons (Fsp3) is 0.286. The van der Waals surface area contributed by atoms with Crippen molar-refractivity contribution in [3.05, 3.63) is 48.4 Å². The van der Waals surface area contributed by atoms with Gasteiger partial charge in [-0.05, 0) is 31.0 Å². The van der Waals surface area contributed by atoms with Crippen LogP contribution in [0.4, 0.5) is 5.13 Å². The van der Waals surface area contributed by atoms with Crippen molar-refractivity contribution in [3.8, 4) is 11.5 Å². The Kier molecular flexibility index (Phi) is 5.53. The van der Waals surface area contributed by atoms with Crippen LogP contribution in [-0.2, 0) is 0 Å². The van der Waals surface area contributed by atoms with Crippen LogP contribution < -0.4 is 15.8 Å². The van der Waals surface area contributed by atoms with E-state index < -0.39 is 0 Å². The van der Waals surface area contributed by atoms with Crippen LogP contribution in [-0.4, -0.2) is 22.2 Å². The topological polar surface area (TPSA) is 96.9 Å². The number of ether oxygens (including phenoxy) is 1. The van der Waals surface area contributed by atoms with Crippen molar-refractivity contribution in [2.24, 2.45) is 5.73 Å². The Hall–Kier alpha value is -2.93. The highest BCUT2D eigenvalue weighted by Crippen LogP contribution is 2.33. The Balaban J connectivity index is 1.51. The van der Waals surface area contributed by atoms with Crippen LogP contribution in [0, 0.1) is 5.41 Å². The van der Waals surface area contributed by atoms with E-state index >= 15 is 0 Å². The molecule has 0 bridgehead atoms. The highest BCUT2D eigenvalue weighted by atomic mass is 32.1. The summed E-state index contributed by atoms with van der Waals surface area (Å²) in [6, 6.07) is 10.0. The maximum absolute atomic E-state index is 7.41. The number of benzene rings is 1. The number of thiazole rings is 1. The van der Waals surface area contributed by atoms with Crippen LogP contribution in [0.5, 0.6) is 11.5 Å². The van der Waals surface area contributed by atoms with Crippen LogP contribution in [0.2, 0.25) is 0 Å². The lowest BCUT2D eigenvalue weighted by atomic mass is 9.96. The summed E-state index contributed by atoms with van der Waals surface area (Å²) in [5, 5.41) is 12.0. The van der Waals surface area contributed by atoms with Gasteiger partial charge in [-0.2, -0.15) is 0 Å². The van der Waals surface area contributed by atoms with Gasteiger partial charge in [-0.3, -0.25) is 4.98 Å². The standard InChI is InChI=1S/C21H23N5OS/c22-12-14(13-23)19-10-17(8-9-24-19)27-16-6-7-18-20(11-16)28-21(26-18)25-15-4-2-1-3-5-15/h6-13,15,22H,1-5,23H2,(H,25,26). The molecule has 0 spiro atoms. The van der Waals surface area contributed by atoms with Crippen molar-refractivity contribution in [1.29, 1.82) is 5.41 Å². The van der Waals surface area contributed by atoms with Crippen LogP contribution >= 0.6 is 11.3 Å². The molecule has 0 aliphatic heterocycles. The zero-order valence-corrected chi connectivity index (χ0v) is 16.3. The van der Waals surface area contributed by atoms with E-state index in [0.29, 0.717) is 23.1 Å². The number of pyridine rings is 1. The number of anilines is 1. The Bertz CT molecular complexity index is 1010. The molecule has 0 amide bonds. The molecule has 144 valence electrons. The second kappa shape index (κ2) is 8.39. The first-order chi connectivity index (χ1) is 13.7. The summed E-state index contributed by atoms with van der Waals surface area (Å²) in [7, 11) is 0. The molecule has 1 aromatic carbocycles. The third-order valence-corrected chi connectivity index (χ3v) is 5.84. The predicted molar refractivity (Wildman–Crippen MR) is 115 cm³/mol. The summed E-state index contributed by atoms with van der Waals surface area (Å²) in [4.78, 5) is 8.95. The summed E-state index contributed by atoms with van der Waals surface area (Å²) in [6.07, 6.45) is 10.6. The van der Waals surface area contributed by atoms with Crippen molar-refractivity contribution in [3.63, 3.8) is 0 Å². The zero-order chi connectivity index (χ0) is 19.3. The maximum atomic E-state index is 7.41. The number of rotatable bonds is 6. The molecule has 2 aromatic heterocycles. The fourth-order valence-corrected chi connectivity index (χ4v) is 4.40. The first-order valence-electron chi connectivity index (χ1n) is 9.49. The lowest BCUT2D eigenvalue weighted by molar-refractivity contribution is 0.462. The van der Waals surface area contributed by atoms with Gasteiger partial charge in [0, 0.05) is 42.4 Å². The normalized spacial score (nSPS) is 15.5. The molecule has 1 saturated carbocycles. The Morgan fingerprint density at radius 2 is 2.00 bits per heavy atom. The van der Waals surface area contributed by atoms with Gasteiger partial charge in [0.1, 0.15) is 11.5 Å². The number of nitrogens with zero attached hydrogens (tertiary/aromatic N) is 2. The van der Waals surface area contributed by atoms with Gasteiger partial charge in [0.15, 0.2) is 5.13 Å². The number of allylic oxidation sites excluding steroid dienone is 1. The van der Waals surface area contributed by atoms with Gasteiger partial charge >= 0.3 is 0 Å². The molecule has 0 atom stereocenters. The molecule has 4 rings (SSSR count). The minimum atomic E-state index is 0.541. The molecule has 1 fully saturated rings. The smallest absolute Gasteiger partial charge is 0.184 e. The third kappa shape index (κ3) is 4.14. The van der Waals surface area contributed by atoms with Crippen molar-refractivity contribution < 1.29 is 4.74 Å². The van der Waals surface area contributed by atoms with E-state index in [0.717, 1.165) is 21.1 Å². The lowest BCUT2D eigenvalue weighted by Gasteiger charge is -2.22. The molecule has 4 N–H and O–H groups in total. The van der Waals surface area contributed by atoms with E-state index in [-0.39, 0.29) is 0 Å². The van der Waals surface area contributed by atoms with Crippen LogP contribution in [0.1, 0.15) is 37.8 Å². The van der Waals surface area contributed by atoms with E-state index in [4.69, 9.17) is 20.9 Å². The Morgan fingerprint density at radius 3 is 2.79 bits per heavy atom. The van der Waals surface area contributed by atoms with Gasteiger partial charge in [0.2, 0.25) is 0 Å². The van der Waals surface area contributed by atoms with E-state index in [1.54, 1.807) is 29.7 Å². The summed E-state index contributed by atoms with van der Waals surface area (Å²) in [6.45, 7) is 0. The number of fused-ring (bicyclic) bond motifs is 1. The second-order valence-electron chi connectivity index (χ2n) is 6.87. The predicted octanol–water partition coefficient (Wildman–Crippen LogP) is 5.18. The maximum Gasteiger partial charge on any atom is 0.184 e. The third-order valence-electron chi connectivity index (χ3n) is 4.89. The van der Waals surface area contributed by atoms with E-state index in [1.807, 2.05) is 18.2 Å². The highest BCUT2D eigenvalue weighted by molar-refractivity contribution is 7.22. The van der Waals surface area contributed by atoms with Crippen molar-refractivity contribution in [2.45, 2.75) is 38.1 Å². The molecule has 0 radical (unpaired) electrons. The monoisotopic (exact) mass is 393 g/mol. The summed E-state index contributed by atoms with van der Waals surface area (Å²) in [5.41, 5.74) is 7.67. The first kappa shape index (κ1) is 18.4. The van der Waals surface area contributed by atoms with E-state index in [1.165, 1.54) is 44.5 Å². The zero-order valence-electron chi connectivity index (χ0n) is 15.5. The van der Waals surface area contributed by atoms with Crippen LogP contribution in [0.15, 0.2) is 42.7 Å². The van der Waals surface area contributed by atoms with Gasteiger partial charge < -0.3 is 21.2 Å². The minimum Gasteiger partial charge on any atom is -0.457 e. The number of hydrogen-bond donors (Lipinski definition) is 3. The molecule has 2 heterocycles. The van der Waals surface area contributed by atoms with Gasteiger partial charge in [-0.1, -0.05) is 30.6 Å². The average Bonchev–Trinajstić information content (AvgIpc) is 3.11. The fourth-order valence-electron chi connectivity index (χ4n) is 3.43. The van der Waals surface area contributed by atoms with Crippen molar-refractivity contribution in [2.75, 3.05) is 5.32 Å². The molecule has 28 heavy (non-hydrogen) atoms. The SMILES string of the molecule is N=CC(=CN)c1cc(Oc2ccc3nc(NC4CCCCC4)sc3c2)ccn1. The molecular formula is C21H23N5OS. The quantitative estimate of drug-likeness (QED) is 0.502. The lowest BCUT2D eigenvalue weighted by Crippen LogP contribution is -2.21. The number of nitrogens with two attached hydrogens (primary N) is 1. The molecule has 3 aromatic rings. The van der Waals surface area contributed by atoms with Crippen LogP contribution in [0.3, 0.4) is 0 Å². The van der Waals surface area contributed by atoms with Crippen molar-refractivity contribution in [1.82, 2.24) is 9.97 Å². The van der Waals surface area contributed by atoms with Crippen molar-refractivity contribution >= 4 is 38.5 Å². The molecule has 1 aliphatic rings. The Labute approximate surface area is 168 Å². The largest absolute Gasteiger partial charge is 0.457 e. The van der Waals surface area contributed by atoms with Gasteiger partial charge in [-0.25, -0.2) is 4.98 Å². The molecule has 6 nitrogen and oxygen atoms in total. The molecule has 0 unspecified atom stereocenters. The Morgan fingerprint density at radius 1 is 1.18 bits per heavy atom. The van der Waals surface area contributed by atoms with Crippen LogP contribution in [0.25, 0.3) is 15.8 Å². The summed E-state index contributed by atoms with van der Waals surface area (Å²) in [5.74, 6) is 1.39. The number of nitrogens with one attached hydrogen (secondary N) is 2. The first-order valence-corrected chi connectivity index (χ1v) is 10.3. The van der Waals surface area contributed by atoms with Gasteiger partial charge in [0.05, 0.1) is 15.9 Å². The summed E-state index contributed by atoms with van der Waals surface area (Å²) < 4.78 is 7.09. The summed E-state index contributed by atoms with van der Waals surface area (Å²) >= 11 is 1.66. The molecule has 1 aliphatic carbocycles. The van der Waals surface area contributed by atoms with Gasteiger partial charge in [-0.15, -0.1) is 0 Å². The number of hydrogen-bond acceptors (Lipinski definition) is 7. The van der Waals surface area contributed by atoms with E-state index in [9.17, 15) is 0 Å². The molecular weight excluding hydrogens is 370 g/mol. The number of aromatic nitrogens is 2. The van der Waals surface area contributed by atoms with E-state index in [2.05, 4.69) is 10.3 Å².